The Labute approximate surface area is 187 Å². The third-order valence-corrected chi connectivity index (χ3v) is 6.08. The number of hydrogen-bond acceptors (Lipinski definition) is 7. The summed E-state index contributed by atoms with van der Waals surface area (Å²) in [6, 6.07) is 21.0. The highest BCUT2D eigenvalue weighted by atomic mass is 32.2. The van der Waals surface area contributed by atoms with E-state index in [1.807, 2.05) is 60.7 Å². The van der Waals surface area contributed by atoms with Gasteiger partial charge in [-0.1, -0.05) is 48.2 Å². The predicted molar refractivity (Wildman–Crippen MR) is 123 cm³/mol. The second-order valence-corrected chi connectivity index (χ2v) is 8.41. The first-order chi connectivity index (χ1) is 15.6. The Balaban J connectivity index is 1.39. The topological polar surface area (TPSA) is 95.1 Å². The molecule has 1 unspecified atom stereocenters. The normalized spacial score (nSPS) is 12.2. The summed E-state index contributed by atoms with van der Waals surface area (Å²) >= 11 is 1.27. The number of hydrogen-bond donors (Lipinski definition) is 1. The van der Waals surface area contributed by atoms with Crippen molar-refractivity contribution >= 4 is 45.3 Å². The quantitative estimate of drug-likeness (QED) is 0.379. The van der Waals surface area contributed by atoms with Gasteiger partial charge in [0, 0.05) is 16.8 Å². The van der Waals surface area contributed by atoms with Gasteiger partial charge < -0.3 is 14.5 Å². The van der Waals surface area contributed by atoms with Crippen molar-refractivity contribution in [1.82, 2.24) is 20.2 Å². The van der Waals surface area contributed by atoms with Crippen molar-refractivity contribution in [2.75, 3.05) is 12.4 Å². The number of nitrogens with zero attached hydrogens (tertiary/aromatic N) is 4. The van der Waals surface area contributed by atoms with Gasteiger partial charge in [0.25, 0.3) is 0 Å². The summed E-state index contributed by atoms with van der Waals surface area (Å²) in [7, 11) is 1.57. The maximum Gasteiger partial charge on any atom is 0.237 e. The van der Waals surface area contributed by atoms with Crippen LogP contribution in [0.3, 0.4) is 0 Å². The number of carbonyl (C=O) groups excluding carboxylic acids is 1. The van der Waals surface area contributed by atoms with E-state index in [1.165, 1.54) is 11.8 Å². The number of amides is 1. The molecule has 160 valence electrons. The molecule has 2 heterocycles. The molecule has 5 rings (SSSR count). The van der Waals surface area contributed by atoms with E-state index in [4.69, 9.17) is 9.15 Å². The number of tetrazole rings is 1. The molecule has 0 aliphatic rings. The van der Waals surface area contributed by atoms with E-state index in [1.54, 1.807) is 24.8 Å². The molecule has 0 aliphatic carbocycles. The van der Waals surface area contributed by atoms with Gasteiger partial charge in [0.1, 0.15) is 16.9 Å². The van der Waals surface area contributed by atoms with Crippen molar-refractivity contribution in [3.8, 4) is 11.4 Å². The molecule has 0 saturated heterocycles. The molecule has 0 fully saturated rings. The zero-order chi connectivity index (χ0) is 22.1. The number of methoxy groups -OCH3 is 1. The van der Waals surface area contributed by atoms with Gasteiger partial charge in [-0.05, 0) is 41.6 Å². The Kier molecular flexibility index (Phi) is 5.24. The highest BCUT2D eigenvalue weighted by Crippen LogP contribution is 2.36. The molecule has 3 aromatic carbocycles. The summed E-state index contributed by atoms with van der Waals surface area (Å²) in [6.07, 6.45) is 0. The molecule has 32 heavy (non-hydrogen) atoms. The summed E-state index contributed by atoms with van der Waals surface area (Å²) in [5, 5.41) is 16.8. The number of rotatable bonds is 6. The molecular weight excluding hydrogens is 426 g/mol. The summed E-state index contributed by atoms with van der Waals surface area (Å²) < 4.78 is 13.1. The van der Waals surface area contributed by atoms with Gasteiger partial charge in [-0.15, -0.1) is 5.10 Å². The molecule has 0 aliphatic heterocycles. The third-order valence-electron chi connectivity index (χ3n) is 5.05. The Morgan fingerprint density at radius 3 is 2.66 bits per heavy atom. The number of para-hydroxylation sites is 2. The van der Waals surface area contributed by atoms with E-state index in [9.17, 15) is 4.79 Å². The van der Waals surface area contributed by atoms with Crippen LogP contribution in [0.5, 0.6) is 5.75 Å². The summed E-state index contributed by atoms with van der Waals surface area (Å²) in [6.45, 7) is 1.80. The van der Waals surface area contributed by atoms with Crippen molar-refractivity contribution in [3.05, 3.63) is 66.7 Å². The van der Waals surface area contributed by atoms with Crippen LogP contribution in [0.15, 0.2) is 76.3 Å². The second-order valence-electron chi connectivity index (χ2n) is 7.11. The number of ether oxygens (including phenoxy) is 1. The van der Waals surface area contributed by atoms with Gasteiger partial charge in [0.15, 0.2) is 0 Å². The molecule has 9 heteroatoms. The first-order valence-electron chi connectivity index (χ1n) is 9.94. The number of aromatic nitrogens is 4. The molecule has 2 aromatic heterocycles. The molecule has 0 saturated carbocycles. The average molecular weight is 446 g/mol. The number of thioether (sulfide) groups is 1. The van der Waals surface area contributed by atoms with Crippen LogP contribution in [0.25, 0.3) is 27.6 Å². The van der Waals surface area contributed by atoms with Crippen molar-refractivity contribution in [3.63, 3.8) is 0 Å². The van der Waals surface area contributed by atoms with Crippen LogP contribution in [0, 0.1) is 0 Å². The fourth-order valence-corrected chi connectivity index (χ4v) is 4.26. The predicted octanol–water partition coefficient (Wildman–Crippen LogP) is 4.69. The van der Waals surface area contributed by atoms with E-state index < -0.39 is 5.25 Å². The van der Waals surface area contributed by atoms with Crippen LogP contribution < -0.4 is 10.1 Å². The molecular formula is C23H19N5O3S. The van der Waals surface area contributed by atoms with Gasteiger partial charge in [-0.2, -0.15) is 4.68 Å². The van der Waals surface area contributed by atoms with Crippen molar-refractivity contribution < 1.29 is 13.9 Å². The summed E-state index contributed by atoms with van der Waals surface area (Å²) in [5.41, 5.74) is 2.82. The van der Waals surface area contributed by atoms with Crippen molar-refractivity contribution in [2.45, 2.75) is 17.3 Å². The lowest BCUT2D eigenvalue weighted by Gasteiger charge is -2.14. The number of fused-ring (bicyclic) bond motifs is 3. The van der Waals surface area contributed by atoms with E-state index in [0.717, 1.165) is 22.0 Å². The average Bonchev–Trinajstić information content (AvgIpc) is 3.43. The van der Waals surface area contributed by atoms with Gasteiger partial charge in [0.05, 0.1) is 23.7 Å². The summed E-state index contributed by atoms with van der Waals surface area (Å²) in [4.78, 5) is 13.0. The molecule has 1 N–H and O–H groups in total. The fraction of sp³-hybridized carbons (Fsp3) is 0.130. The van der Waals surface area contributed by atoms with E-state index in [-0.39, 0.29) is 5.91 Å². The lowest BCUT2D eigenvalue weighted by Crippen LogP contribution is -2.23. The number of furan rings is 1. The summed E-state index contributed by atoms with van der Waals surface area (Å²) in [5.74, 6) is 0.357. The molecule has 0 radical (unpaired) electrons. The minimum atomic E-state index is -0.459. The maximum absolute atomic E-state index is 13.0. The second kappa shape index (κ2) is 8.35. The Morgan fingerprint density at radius 2 is 1.84 bits per heavy atom. The van der Waals surface area contributed by atoms with Crippen LogP contribution in [-0.4, -0.2) is 38.5 Å². The van der Waals surface area contributed by atoms with E-state index in [2.05, 4.69) is 20.8 Å². The third kappa shape index (κ3) is 3.67. The standard InChI is InChI=1S/C23H19N5O3S/c1-14(32-23-25-26-27-28(23)15-8-4-3-5-9-15)22(29)24-18-13-20-17(12-21(18)30-2)16-10-6-7-11-19(16)31-20/h3-14H,1-2H3,(H,24,29). The van der Waals surface area contributed by atoms with Crippen molar-refractivity contribution in [1.29, 1.82) is 0 Å². The van der Waals surface area contributed by atoms with Crippen LogP contribution in [0.2, 0.25) is 0 Å². The molecule has 0 spiro atoms. The number of carbonyl (C=O) groups is 1. The van der Waals surface area contributed by atoms with E-state index >= 15 is 0 Å². The van der Waals surface area contributed by atoms with Crippen LogP contribution >= 0.6 is 11.8 Å². The van der Waals surface area contributed by atoms with Gasteiger partial charge in [0.2, 0.25) is 11.1 Å². The first kappa shape index (κ1) is 20.1. The highest BCUT2D eigenvalue weighted by molar-refractivity contribution is 8.00. The maximum atomic E-state index is 13.0. The minimum Gasteiger partial charge on any atom is -0.495 e. The Bertz CT molecular complexity index is 1410. The SMILES string of the molecule is COc1cc2c(cc1NC(=O)C(C)Sc1nnnn1-c1ccccc1)oc1ccccc12. The van der Waals surface area contributed by atoms with Crippen molar-refractivity contribution in [2.24, 2.45) is 0 Å². The number of anilines is 1. The van der Waals surface area contributed by atoms with Gasteiger partial charge in [-0.3, -0.25) is 4.79 Å². The lowest BCUT2D eigenvalue weighted by atomic mass is 10.1. The zero-order valence-corrected chi connectivity index (χ0v) is 18.2. The minimum absolute atomic E-state index is 0.202. The molecule has 1 amide bonds. The Morgan fingerprint density at radius 1 is 1.06 bits per heavy atom. The molecule has 1 atom stereocenters. The smallest absolute Gasteiger partial charge is 0.237 e. The largest absolute Gasteiger partial charge is 0.495 e. The lowest BCUT2D eigenvalue weighted by molar-refractivity contribution is -0.115. The number of nitrogens with one attached hydrogen (secondary N) is 1. The molecule has 8 nitrogen and oxygen atoms in total. The van der Waals surface area contributed by atoms with Crippen LogP contribution in [0.1, 0.15) is 6.92 Å². The van der Waals surface area contributed by atoms with Gasteiger partial charge >= 0.3 is 0 Å². The monoisotopic (exact) mass is 445 g/mol. The van der Waals surface area contributed by atoms with Crippen LogP contribution in [-0.2, 0) is 4.79 Å². The molecule has 5 aromatic rings. The Hall–Kier alpha value is -3.85. The zero-order valence-electron chi connectivity index (χ0n) is 17.4. The van der Waals surface area contributed by atoms with E-state index in [0.29, 0.717) is 22.2 Å². The first-order valence-corrected chi connectivity index (χ1v) is 10.8. The number of benzene rings is 3. The highest BCUT2D eigenvalue weighted by Gasteiger charge is 2.21. The van der Waals surface area contributed by atoms with Crippen LogP contribution in [0.4, 0.5) is 5.69 Å². The fourth-order valence-electron chi connectivity index (χ4n) is 3.45. The van der Waals surface area contributed by atoms with Gasteiger partial charge in [-0.25, -0.2) is 0 Å². The molecule has 0 bridgehead atoms.